The summed E-state index contributed by atoms with van der Waals surface area (Å²) in [6, 6.07) is 0.204. The first-order valence-corrected chi connectivity index (χ1v) is 6.93. The van der Waals surface area contributed by atoms with Gasteiger partial charge in [-0.25, -0.2) is 0 Å². The maximum absolute atomic E-state index is 6.22. The molecule has 0 saturated heterocycles. The van der Waals surface area contributed by atoms with E-state index in [-0.39, 0.29) is 6.04 Å². The predicted octanol–water partition coefficient (Wildman–Crippen LogP) is 2.64. The summed E-state index contributed by atoms with van der Waals surface area (Å²) in [6.45, 7) is 6.68. The Kier molecular flexibility index (Phi) is 6.73. The molecular weight excluding hydrogens is 222 g/mol. The normalized spacial score (nSPS) is 21.6. The molecule has 0 saturated carbocycles. The van der Waals surface area contributed by atoms with E-state index >= 15 is 0 Å². The van der Waals surface area contributed by atoms with Gasteiger partial charge in [0.05, 0.1) is 5.84 Å². The number of hydrogen-bond acceptors (Lipinski definition) is 2. The Morgan fingerprint density at radius 3 is 3.06 bits per heavy atom. The number of allylic oxidation sites excluding steroid dienone is 2. The molecule has 0 radical (unpaired) electrons. The molecule has 0 fully saturated rings. The number of aliphatic imine (C=N–C) groups is 1. The summed E-state index contributed by atoms with van der Waals surface area (Å²) >= 11 is 0. The first-order chi connectivity index (χ1) is 8.69. The lowest BCUT2D eigenvalue weighted by atomic mass is 9.94. The molecule has 3 N–H and O–H groups in total. The molecule has 2 atom stereocenters. The van der Waals surface area contributed by atoms with Crippen LogP contribution in [0.4, 0.5) is 0 Å². The van der Waals surface area contributed by atoms with Crippen LogP contribution in [0.3, 0.4) is 0 Å². The van der Waals surface area contributed by atoms with Crippen LogP contribution in [-0.4, -0.2) is 25.5 Å². The fourth-order valence-electron chi connectivity index (χ4n) is 2.53. The third kappa shape index (κ3) is 5.05. The topological polar surface area (TPSA) is 50.4 Å². The van der Waals surface area contributed by atoms with Gasteiger partial charge in [-0.2, -0.15) is 0 Å². The molecule has 1 aliphatic rings. The van der Waals surface area contributed by atoms with Crippen LogP contribution in [0.5, 0.6) is 0 Å². The monoisotopic (exact) mass is 249 g/mol. The fourth-order valence-corrected chi connectivity index (χ4v) is 2.53. The molecule has 1 rings (SSSR count). The van der Waals surface area contributed by atoms with Crippen molar-refractivity contribution in [3.63, 3.8) is 0 Å². The maximum atomic E-state index is 6.22. The highest BCUT2D eigenvalue weighted by atomic mass is 15.0. The van der Waals surface area contributed by atoms with Gasteiger partial charge in [0, 0.05) is 26.1 Å². The molecule has 0 aromatic rings. The van der Waals surface area contributed by atoms with E-state index in [1.165, 1.54) is 19.3 Å². The highest BCUT2D eigenvalue weighted by molar-refractivity contribution is 5.82. The Morgan fingerprint density at radius 2 is 2.50 bits per heavy atom. The van der Waals surface area contributed by atoms with Crippen molar-refractivity contribution in [3.05, 3.63) is 24.3 Å². The van der Waals surface area contributed by atoms with Gasteiger partial charge in [-0.3, -0.25) is 4.99 Å². The van der Waals surface area contributed by atoms with E-state index in [2.05, 4.69) is 29.9 Å². The minimum Gasteiger partial charge on any atom is -0.370 e. The van der Waals surface area contributed by atoms with Gasteiger partial charge < -0.3 is 11.1 Å². The van der Waals surface area contributed by atoms with Crippen LogP contribution in [0.1, 0.15) is 39.0 Å². The van der Waals surface area contributed by atoms with Crippen molar-refractivity contribution in [1.29, 1.82) is 0 Å². The van der Waals surface area contributed by atoms with Crippen molar-refractivity contribution in [2.45, 2.75) is 45.1 Å². The predicted molar refractivity (Wildman–Crippen MR) is 79.9 cm³/mol. The smallest absolute Gasteiger partial charge is 0.0977 e. The maximum Gasteiger partial charge on any atom is 0.0977 e. The summed E-state index contributed by atoms with van der Waals surface area (Å²) in [5.41, 5.74) is 7.82. The van der Waals surface area contributed by atoms with Gasteiger partial charge >= 0.3 is 0 Å². The Hall–Kier alpha value is -1.09. The largest absolute Gasteiger partial charge is 0.370 e. The second-order valence-electron chi connectivity index (χ2n) is 5.06. The SMILES string of the molecule is C=CCNC(CC(N)CC1CC=C(CC)C1)=NC. The summed E-state index contributed by atoms with van der Waals surface area (Å²) in [7, 11) is 1.81. The lowest BCUT2D eigenvalue weighted by Crippen LogP contribution is -2.33. The molecular formula is C15H27N3. The molecule has 0 bridgehead atoms. The number of nitrogens with one attached hydrogen (secondary N) is 1. The van der Waals surface area contributed by atoms with Crippen molar-refractivity contribution in [1.82, 2.24) is 5.32 Å². The molecule has 18 heavy (non-hydrogen) atoms. The standard InChI is InChI=1S/C15H27N3/c1-4-8-18-15(17-3)11-14(16)10-13-7-6-12(5-2)9-13/h4,6,13-14H,1,5,7-11,16H2,2-3H3,(H,17,18). The molecule has 0 aromatic heterocycles. The summed E-state index contributed by atoms with van der Waals surface area (Å²) in [5.74, 6) is 1.73. The van der Waals surface area contributed by atoms with Gasteiger partial charge in [-0.1, -0.05) is 24.6 Å². The average molecular weight is 249 g/mol. The number of nitrogens with two attached hydrogens (primary N) is 1. The van der Waals surface area contributed by atoms with Crippen molar-refractivity contribution in [2.24, 2.45) is 16.6 Å². The minimum atomic E-state index is 0.204. The number of amidine groups is 1. The summed E-state index contributed by atoms with van der Waals surface area (Å²) < 4.78 is 0. The van der Waals surface area contributed by atoms with Crippen LogP contribution >= 0.6 is 0 Å². The Bertz CT molecular complexity index is 318. The van der Waals surface area contributed by atoms with Crippen molar-refractivity contribution >= 4 is 5.84 Å². The van der Waals surface area contributed by atoms with Gasteiger partial charge in [0.15, 0.2) is 0 Å². The molecule has 3 nitrogen and oxygen atoms in total. The molecule has 102 valence electrons. The molecule has 0 aliphatic heterocycles. The molecule has 0 spiro atoms. The van der Waals surface area contributed by atoms with Crippen LogP contribution in [0.25, 0.3) is 0 Å². The number of nitrogens with zero attached hydrogens (tertiary/aromatic N) is 1. The van der Waals surface area contributed by atoms with E-state index in [0.717, 1.165) is 31.1 Å². The molecule has 0 amide bonds. The minimum absolute atomic E-state index is 0.204. The fraction of sp³-hybridized carbons (Fsp3) is 0.667. The highest BCUT2D eigenvalue weighted by Gasteiger charge is 2.19. The van der Waals surface area contributed by atoms with Crippen molar-refractivity contribution in [3.8, 4) is 0 Å². The molecule has 1 aliphatic carbocycles. The Morgan fingerprint density at radius 1 is 1.72 bits per heavy atom. The number of hydrogen-bond donors (Lipinski definition) is 2. The van der Waals surface area contributed by atoms with Gasteiger partial charge in [-0.05, 0) is 31.6 Å². The highest BCUT2D eigenvalue weighted by Crippen LogP contribution is 2.30. The summed E-state index contributed by atoms with van der Waals surface area (Å²) in [5, 5.41) is 3.23. The summed E-state index contributed by atoms with van der Waals surface area (Å²) in [4.78, 5) is 4.24. The Labute approximate surface area is 111 Å². The lowest BCUT2D eigenvalue weighted by molar-refractivity contribution is 0.453. The van der Waals surface area contributed by atoms with Crippen LogP contribution in [0, 0.1) is 5.92 Å². The number of rotatable bonds is 7. The van der Waals surface area contributed by atoms with Crippen molar-refractivity contribution in [2.75, 3.05) is 13.6 Å². The third-order valence-corrected chi connectivity index (χ3v) is 3.56. The zero-order chi connectivity index (χ0) is 13.4. The van der Waals surface area contributed by atoms with E-state index in [9.17, 15) is 0 Å². The van der Waals surface area contributed by atoms with Gasteiger partial charge in [0.2, 0.25) is 0 Å². The molecule has 2 unspecified atom stereocenters. The van der Waals surface area contributed by atoms with Crippen LogP contribution < -0.4 is 11.1 Å². The van der Waals surface area contributed by atoms with E-state index in [0.29, 0.717) is 0 Å². The van der Waals surface area contributed by atoms with E-state index in [1.54, 1.807) is 5.57 Å². The van der Waals surface area contributed by atoms with Crippen LogP contribution in [-0.2, 0) is 0 Å². The second kappa shape index (κ2) is 8.09. The van der Waals surface area contributed by atoms with E-state index in [4.69, 9.17) is 5.73 Å². The van der Waals surface area contributed by atoms with Gasteiger partial charge in [0.25, 0.3) is 0 Å². The second-order valence-corrected chi connectivity index (χ2v) is 5.06. The molecule has 0 aromatic carbocycles. The first-order valence-electron chi connectivity index (χ1n) is 6.93. The molecule has 3 heteroatoms. The quantitative estimate of drug-likeness (QED) is 0.414. The van der Waals surface area contributed by atoms with Crippen molar-refractivity contribution < 1.29 is 0 Å². The van der Waals surface area contributed by atoms with E-state index < -0.39 is 0 Å². The third-order valence-electron chi connectivity index (χ3n) is 3.56. The van der Waals surface area contributed by atoms with Gasteiger partial charge in [-0.15, -0.1) is 6.58 Å². The molecule has 0 heterocycles. The average Bonchev–Trinajstić information content (AvgIpc) is 2.81. The van der Waals surface area contributed by atoms with Crippen LogP contribution in [0.15, 0.2) is 29.3 Å². The van der Waals surface area contributed by atoms with E-state index in [1.807, 2.05) is 13.1 Å². The van der Waals surface area contributed by atoms with Gasteiger partial charge in [0.1, 0.15) is 0 Å². The summed E-state index contributed by atoms with van der Waals surface area (Å²) in [6.07, 6.45) is 9.79. The zero-order valence-electron chi connectivity index (χ0n) is 11.8. The zero-order valence-corrected chi connectivity index (χ0v) is 11.8. The lowest BCUT2D eigenvalue weighted by Gasteiger charge is -2.18. The Balaban J connectivity index is 2.29. The van der Waals surface area contributed by atoms with Crippen LogP contribution in [0.2, 0.25) is 0 Å². The first kappa shape index (κ1) is 15.0.